The molecule has 0 aliphatic carbocycles. The lowest BCUT2D eigenvalue weighted by Crippen LogP contribution is -1.94. The number of para-hydroxylation sites is 3. The van der Waals surface area contributed by atoms with Crippen molar-refractivity contribution in [3.63, 3.8) is 0 Å². The Morgan fingerprint density at radius 3 is 1.51 bits per heavy atom. The third kappa shape index (κ3) is 4.12. The Morgan fingerprint density at radius 1 is 0.314 bits per heavy atom. The fourth-order valence-electron chi connectivity index (χ4n) is 8.35. The smallest absolute Gasteiger partial charge is 0.135 e. The van der Waals surface area contributed by atoms with Gasteiger partial charge in [0, 0.05) is 43.7 Å². The van der Waals surface area contributed by atoms with E-state index in [-0.39, 0.29) is 0 Å². The standard InChI is InChI=1S/C48H30N2O/c1-2-13-31(14-3-1)32-15-10-16-33(29-32)49-41-22-7-4-18-38(41)47-36(20-11-24-43(47)49)37-21-12-25-44-48(37)39-19-5-8-23-42(39)50(44)34-27-28-46-40(30-34)35-17-6-9-26-45(35)51-46/h1-30H. The molecule has 0 saturated heterocycles. The molecule has 11 rings (SSSR count). The van der Waals surface area contributed by atoms with Crippen LogP contribution in [-0.4, -0.2) is 9.13 Å². The highest BCUT2D eigenvalue weighted by atomic mass is 16.3. The van der Waals surface area contributed by atoms with Crippen molar-refractivity contribution < 1.29 is 4.42 Å². The Kier molecular flexibility index (Phi) is 5.96. The van der Waals surface area contributed by atoms with Crippen LogP contribution in [0.5, 0.6) is 0 Å². The zero-order valence-electron chi connectivity index (χ0n) is 27.6. The lowest BCUT2D eigenvalue weighted by molar-refractivity contribution is 0.669. The van der Waals surface area contributed by atoms with Crippen LogP contribution in [0.25, 0.3) is 99.2 Å². The number of nitrogens with zero attached hydrogens (tertiary/aromatic N) is 2. The first-order valence-corrected chi connectivity index (χ1v) is 17.4. The van der Waals surface area contributed by atoms with E-state index < -0.39 is 0 Å². The molecule has 0 atom stereocenters. The van der Waals surface area contributed by atoms with E-state index in [1.165, 1.54) is 65.9 Å². The number of furan rings is 1. The molecule has 0 amide bonds. The predicted molar refractivity (Wildman–Crippen MR) is 213 cm³/mol. The van der Waals surface area contributed by atoms with Crippen LogP contribution in [0, 0.1) is 0 Å². The van der Waals surface area contributed by atoms with Crippen molar-refractivity contribution >= 4 is 65.6 Å². The number of aromatic nitrogens is 2. The maximum absolute atomic E-state index is 6.20. The summed E-state index contributed by atoms with van der Waals surface area (Å²) in [4.78, 5) is 0. The van der Waals surface area contributed by atoms with Crippen LogP contribution < -0.4 is 0 Å². The van der Waals surface area contributed by atoms with E-state index in [0.717, 1.165) is 33.3 Å². The molecule has 0 N–H and O–H groups in total. The lowest BCUT2D eigenvalue weighted by atomic mass is 9.95. The van der Waals surface area contributed by atoms with Crippen molar-refractivity contribution in [3.05, 3.63) is 182 Å². The van der Waals surface area contributed by atoms with Gasteiger partial charge in [-0.25, -0.2) is 0 Å². The molecule has 0 fully saturated rings. The molecular weight excluding hydrogens is 621 g/mol. The second kappa shape index (κ2) is 10.8. The molecule has 238 valence electrons. The number of hydrogen-bond acceptors (Lipinski definition) is 1. The second-order valence-corrected chi connectivity index (χ2v) is 13.3. The van der Waals surface area contributed by atoms with Gasteiger partial charge in [-0.3, -0.25) is 0 Å². The minimum Gasteiger partial charge on any atom is -0.456 e. The molecule has 0 unspecified atom stereocenters. The number of rotatable bonds is 4. The highest BCUT2D eigenvalue weighted by Gasteiger charge is 2.21. The Labute approximate surface area is 293 Å². The molecule has 0 radical (unpaired) electrons. The molecule has 0 saturated carbocycles. The van der Waals surface area contributed by atoms with E-state index in [9.17, 15) is 0 Å². The van der Waals surface area contributed by atoms with E-state index in [1.54, 1.807) is 0 Å². The summed E-state index contributed by atoms with van der Waals surface area (Å²) >= 11 is 0. The van der Waals surface area contributed by atoms with Crippen molar-refractivity contribution in [1.29, 1.82) is 0 Å². The van der Waals surface area contributed by atoms with Gasteiger partial charge in [-0.1, -0.05) is 121 Å². The Balaban J connectivity index is 1.18. The van der Waals surface area contributed by atoms with Gasteiger partial charge >= 0.3 is 0 Å². The van der Waals surface area contributed by atoms with Gasteiger partial charge in [0.25, 0.3) is 0 Å². The quantitative estimate of drug-likeness (QED) is 0.186. The Bertz CT molecular complexity index is 3140. The average molecular weight is 651 g/mol. The first-order valence-electron chi connectivity index (χ1n) is 17.4. The van der Waals surface area contributed by atoms with Gasteiger partial charge in [0.05, 0.1) is 22.1 Å². The highest BCUT2D eigenvalue weighted by molar-refractivity contribution is 6.22. The Morgan fingerprint density at radius 2 is 0.824 bits per heavy atom. The van der Waals surface area contributed by atoms with Crippen molar-refractivity contribution in [2.45, 2.75) is 0 Å². The van der Waals surface area contributed by atoms with Gasteiger partial charge in [-0.15, -0.1) is 0 Å². The average Bonchev–Trinajstić information content (AvgIpc) is 3.86. The second-order valence-electron chi connectivity index (χ2n) is 13.3. The zero-order valence-corrected chi connectivity index (χ0v) is 27.6. The summed E-state index contributed by atoms with van der Waals surface area (Å²) in [5.74, 6) is 0. The zero-order chi connectivity index (χ0) is 33.5. The summed E-state index contributed by atoms with van der Waals surface area (Å²) in [6.07, 6.45) is 0. The first-order chi connectivity index (χ1) is 25.3. The lowest BCUT2D eigenvalue weighted by Gasteiger charge is -2.12. The molecule has 11 aromatic rings. The molecular formula is C48H30N2O. The third-order valence-corrected chi connectivity index (χ3v) is 10.5. The molecule has 0 bridgehead atoms. The number of fused-ring (bicyclic) bond motifs is 9. The molecule has 3 aromatic heterocycles. The molecule has 3 nitrogen and oxygen atoms in total. The number of benzene rings is 8. The van der Waals surface area contributed by atoms with Gasteiger partial charge in [-0.05, 0) is 82.9 Å². The fourth-order valence-corrected chi connectivity index (χ4v) is 8.35. The molecule has 0 spiro atoms. The van der Waals surface area contributed by atoms with Gasteiger partial charge in [0.2, 0.25) is 0 Å². The van der Waals surface area contributed by atoms with Gasteiger partial charge in [-0.2, -0.15) is 0 Å². The molecule has 3 heteroatoms. The first kappa shape index (κ1) is 28.0. The maximum Gasteiger partial charge on any atom is 0.135 e. The SMILES string of the molecule is c1ccc(-c2cccc(-n3c4ccccc4c4c(-c5cccc6c5c5ccccc5n6-c5ccc6oc7ccccc7c6c5)cccc43)c2)cc1. The van der Waals surface area contributed by atoms with Crippen LogP contribution in [0.2, 0.25) is 0 Å². The fraction of sp³-hybridized carbons (Fsp3) is 0. The normalized spacial score (nSPS) is 11.9. The summed E-state index contributed by atoms with van der Waals surface area (Å²) < 4.78 is 11.0. The van der Waals surface area contributed by atoms with Crippen LogP contribution in [0.4, 0.5) is 0 Å². The maximum atomic E-state index is 6.20. The van der Waals surface area contributed by atoms with E-state index in [1.807, 2.05) is 12.1 Å². The van der Waals surface area contributed by atoms with E-state index in [4.69, 9.17) is 4.42 Å². The van der Waals surface area contributed by atoms with Gasteiger partial charge in [0.1, 0.15) is 11.2 Å². The minimum atomic E-state index is 0.902. The van der Waals surface area contributed by atoms with Crippen molar-refractivity contribution in [1.82, 2.24) is 9.13 Å². The van der Waals surface area contributed by atoms with Crippen molar-refractivity contribution in [3.8, 4) is 33.6 Å². The summed E-state index contributed by atoms with van der Waals surface area (Å²) in [7, 11) is 0. The van der Waals surface area contributed by atoms with Gasteiger partial charge in [0.15, 0.2) is 0 Å². The number of hydrogen-bond donors (Lipinski definition) is 0. The monoisotopic (exact) mass is 650 g/mol. The van der Waals surface area contributed by atoms with E-state index >= 15 is 0 Å². The molecule has 0 aliphatic rings. The summed E-state index contributed by atoms with van der Waals surface area (Å²) in [6, 6.07) is 65.5. The van der Waals surface area contributed by atoms with Crippen LogP contribution in [-0.2, 0) is 0 Å². The molecule has 3 heterocycles. The summed E-state index contributed by atoms with van der Waals surface area (Å²) in [6.45, 7) is 0. The van der Waals surface area contributed by atoms with Crippen LogP contribution in [0.1, 0.15) is 0 Å². The minimum absolute atomic E-state index is 0.902. The third-order valence-electron chi connectivity index (χ3n) is 10.5. The summed E-state index contributed by atoms with van der Waals surface area (Å²) in [5.41, 5.74) is 13.7. The van der Waals surface area contributed by atoms with Crippen LogP contribution in [0.3, 0.4) is 0 Å². The van der Waals surface area contributed by atoms with E-state index in [0.29, 0.717) is 0 Å². The topological polar surface area (TPSA) is 23.0 Å². The predicted octanol–water partition coefficient (Wildman–Crippen LogP) is 13.1. The van der Waals surface area contributed by atoms with Crippen molar-refractivity contribution in [2.24, 2.45) is 0 Å². The highest BCUT2D eigenvalue weighted by Crippen LogP contribution is 2.44. The van der Waals surface area contributed by atoms with Crippen LogP contribution >= 0.6 is 0 Å². The van der Waals surface area contributed by atoms with Crippen molar-refractivity contribution in [2.75, 3.05) is 0 Å². The largest absolute Gasteiger partial charge is 0.456 e. The molecule has 0 aliphatic heterocycles. The molecule has 51 heavy (non-hydrogen) atoms. The van der Waals surface area contributed by atoms with Crippen LogP contribution in [0.15, 0.2) is 186 Å². The van der Waals surface area contributed by atoms with Gasteiger partial charge < -0.3 is 13.6 Å². The van der Waals surface area contributed by atoms with E-state index in [2.05, 4.69) is 179 Å². The summed E-state index contributed by atoms with van der Waals surface area (Å²) in [5, 5.41) is 7.24. The Hall–Kier alpha value is -6.84. The molecule has 8 aromatic carbocycles.